The molecule has 0 saturated heterocycles. The lowest BCUT2D eigenvalue weighted by Crippen LogP contribution is -2.21. The summed E-state index contributed by atoms with van der Waals surface area (Å²) in [6.07, 6.45) is 1.91. The quantitative estimate of drug-likeness (QED) is 0.441. The van der Waals surface area contributed by atoms with Gasteiger partial charge in [-0.1, -0.05) is 31.9 Å². The summed E-state index contributed by atoms with van der Waals surface area (Å²) in [7, 11) is 0. The van der Waals surface area contributed by atoms with Gasteiger partial charge >= 0.3 is 12.1 Å². The molecule has 2 aromatic carbocycles. The van der Waals surface area contributed by atoms with Gasteiger partial charge in [0.05, 0.1) is 12.2 Å². The predicted octanol–water partition coefficient (Wildman–Crippen LogP) is 5.48. The number of unbranched alkanes of at least 4 members (excludes halogenated alkanes) is 2. The first-order valence-corrected chi connectivity index (χ1v) is 8.72. The van der Waals surface area contributed by atoms with Gasteiger partial charge in [0.25, 0.3) is 0 Å². The van der Waals surface area contributed by atoms with Crippen molar-refractivity contribution in [2.24, 2.45) is 0 Å². The van der Waals surface area contributed by atoms with Crippen molar-refractivity contribution in [3.63, 3.8) is 0 Å². The average Bonchev–Trinajstić information content (AvgIpc) is 2.65. The molecule has 2 aromatic rings. The molecule has 0 unspecified atom stereocenters. The molecular weight excluding hydrogens is 354 g/mol. The number of carboxylic acid groups (broad SMARTS) is 1. The number of carbonyl (C=O) groups is 1. The van der Waals surface area contributed by atoms with E-state index in [1.165, 1.54) is 54.6 Å². The topological polar surface area (TPSA) is 55.8 Å². The SMILES string of the molecule is CCCCCOc1ccc(C(F)(F)Oc2ccc(C=CC(=O)O)cc2)cc1. The van der Waals surface area contributed by atoms with Gasteiger partial charge in [-0.25, -0.2) is 4.79 Å². The van der Waals surface area contributed by atoms with E-state index in [9.17, 15) is 13.6 Å². The summed E-state index contributed by atoms with van der Waals surface area (Å²) in [6.45, 7) is 2.65. The molecule has 27 heavy (non-hydrogen) atoms. The Morgan fingerprint density at radius 3 is 2.26 bits per heavy atom. The Balaban J connectivity index is 1.97. The van der Waals surface area contributed by atoms with Gasteiger partial charge in [-0.05, 0) is 54.5 Å². The van der Waals surface area contributed by atoms with Crippen molar-refractivity contribution in [2.75, 3.05) is 6.61 Å². The van der Waals surface area contributed by atoms with Crippen molar-refractivity contribution in [3.8, 4) is 11.5 Å². The maximum atomic E-state index is 14.3. The molecule has 0 aliphatic rings. The summed E-state index contributed by atoms with van der Waals surface area (Å²) in [5.41, 5.74) is 0.288. The van der Waals surface area contributed by atoms with E-state index in [1.807, 2.05) is 0 Å². The minimum absolute atomic E-state index is 0.0210. The molecule has 0 heterocycles. The Morgan fingerprint density at radius 2 is 1.67 bits per heavy atom. The van der Waals surface area contributed by atoms with E-state index in [4.69, 9.17) is 14.6 Å². The maximum Gasteiger partial charge on any atom is 0.426 e. The zero-order valence-electron chi connectivity index (χ0n) is 15.0. The smallest absolute Gasteiger partial charge is 0.426 e. The lowest BCUT2D eigenvalue weighted by atomic mass is 10.2. The summed E-state index contributed by atoms with van der Waals surface area (Å²) < 4.78 is 39.0. The monoisotopic (exact) mass is 376 g/mol. The third-order valence-corrected chi connectivity index (χ3v) is 3.75. The first-order chi connectivity index (χ1) is 12.9. The predicted molar refractivity (Wildman–Crippen MR) is 99.1 cm³/mol. The second kappa shape index (κ2) is 9.71. The van der Waals surface area contributed by atoms with Crippen LogP contribution in [0.4, 0.5) is 8.78 Å². The minimum Gasteiger partial charge on any atom is -0.494 e. The summed E-state index contributed by atoms with van der Waals surface area (Å²) in [6, 6.07) is 11.3. The molecule has 0 fully saturated rings. The van der Waals surface area contributed by atoms with E-state index in [0.29, 0.717) is 17.9 Å². The molecule has 0 spiro atoms. The van der Waals surface area contributed by atoms with Gasteiger partial charge in [0.2, 0.25) is 0 Å². The number of aliphatic carboxylic acids is 1. The molecule has 4 nitrogen and oxygen atoms in total. The van der Waals surface area contributed by atoms with Crippen molar-refractivity contribution >= 4 is 12.0 Å². The lowest BCUT2D eigenvalue weighted by molar-refractivity contribution is -0.185. The highest BCUT2D eigenvalue weighted by atomic mass is 19.3. The number of rotatable bonds is 10. The van der Waals surface area contributed by atoms with Crippen LogP contribution in [0.1, 0.15) is 37.3 Å². The fourth-order valence-electron chi connectivity index (χ4n) is 2.31. The largest absolute Gasteiger partial charge is 0.494 e. The molecule has 0 aliphatic heterocycles. The van der Waals surface area contributed by atoms with Crippen molar-refractivity contribution < 1.29 is 28.2 Å². The summed E-state index contributed by atoms with van der Waals surface area (Å²) in [4.78, 5) is 10.5. The Morgan fingerprint density at radius 1 is 1.04 bits per heavy atom. The van der Waals surface area contributed by atoms with Gasteiger partial charge in [0, 0.05) is 6.08 Å². The second-order valence-electron chi connectivity index (χ2n) is 5.94. The molecular formula is C21H22F2O4. The molecule has 0 radical (unpaired) electrons. The zero-order chi connectivity index (χ0) is 19.7. The lowest BCUT2D eigenvalue weighted by Gasteiger charge is -2.18. The maximum absolute atomic E-state index is 14.3. The molecule has 0 saturated carbocycles. The minimum atomic E-state index is -3.50. The van der Waals surface area contributed by atoms with Crippen LogP contribution in [0, 0.1) is 0 Å². The van der Waals surface area contributed by atoms with Gasteiger partial charge in [-0.15, -0.1) is 0 Å². The standard InChI is InChI=1S/C21H22F2O4/c1-2-3-4-15-26-18-12-8-17(9-13-18)21(22,23)27-19-10-5-16(6-11-19)7-14-20(24)25/h5-14H,2-4,15H2,1H3,(H,24,25). The van der Waals surface area contributed by atoms with Gasteiger partial charge < -0.3 is 14.6 Å². The molecule has 144 valence electrons. The Kier molecular flexibility index (Phi) is 7.34. The molecule has 2 rings (SSSR count). The fraction of sp³-hybridized carbons (Fsp3) is 0.286. The third-order valence-electron chi connectivity index (χ3n) is 3.75. The zero-order valence-corrected chi connectivity index (χ0v) is 15.0. The van der Waals surface area contributed by atoms with E-state index < -0.39 is 12.1 Å². The van der Waals surface area contributed by atoms with Crippen LogP contribution >= 0.6 is 0 Å². The van der Waals surface area contributed by atoms with Gasteiger partial charge in [-0.2, -0.15) is 8.78 Å². The first-order valence-electron chi connectivity index (χ1n) is 8.72. The van der Waals surface area contributed by atoms with Gasteiger partial charge in [-0.3, -0.25) is 0 Å². The molecule has 0 aromatic heterocycles. The number of hydrogen-bond donors (Lipinski definition) is 1. The van der Waals surface area contributed by atoms with E-state index in [1.54, 1.807) is 0 Å². The Bertz CT molecular complexity index is 753. The van der Waals surface area contributed by atoms with Gasteiger partial charge in [0.1, 0.15) is 11.5 Å². The van der Waals surface area contributed by atoms with Crippen LogP contribution < -0.4 is 9.47 Å². The summed E-state index contributed by atoms with van der Waals surface area (Å²) in [5.74, 6) is -0.563. The molecule has 0 aliphatic carbocycles. The van der Waals surface area contributed by atoms with Crippen LogP contribution in [0.2, 0.25) is 0 Å². The Labute approximate surface area is 157 Å². The van der Waals surface area contributed by atoms with Crippen LogP contribution in [-0.2, 0) is 10.9 Å². The number of carboxylic acids is 1. The Hall–Kier alpha value is -2.89. The molecule has 0 bridgehead atoms. The van der Waals surface area contributed by atoms with Gasteiger partial charge in [0.15, 0.2) is 0 Å². The molecule has 6 heteroatoms. The highest BCUT2D eigenvalue weighted by molar-refractivity contribution is 5.85. The third kappa shape index (κ3) is 6.73. The normalized spacial score (nSPS) is 11.5. The van der Waals surface area contributed by atoms with Crippen molar-refractivity contribution in [1.29, 1.82) is 0 Å². The number of alkyl halides is 2. The highest BCUT2D eigenvalue weighted by Crippen LogP contribution is 2.32. The van der Waals surface area contributed by atoms with Crippen LogP contribution in [-0.4, -0.2) is 17.7 Å². The molecule has 0 atom stereocenters. The fourth-order valence-corrected chi connectivity index (χ4v) is 2.31. The number of hydrogen-bond acceptors (Lipinski definition) is 3. The highest BCUT2D eigenvalue weighted by Gasteiger charge is 2.34. The first kappa shape index (κ1) is 20.4. The summed E-state index contributed by atoms with van der Waals surface area (Å²) >= 11 is 0. The van der Waals surface area contributed by atoms with Crippen LogP contribution in [0.3, 0.4) is 0 Å². The molecule has 1 N–H and O–H groups in total. The average molecular weight is 376 g/mol. The number of benzene rings is 2. The van der Waals surface area contributed by atoms with Crippen LogP contribution in [0.5, 0.6) is 11.5 Å². The second-order valence-corrected chi connectivity index (χ2v) is 5.94. The summed E-state index contributed by atoms with van der Waals surface area (Å²) in [5, 5.41) is 8.58. The van der Waals surface area contributed by atoms with Crippen molar-refractivity contribution in [2.45, 2.75) is 32.3 Å². The van der Waals surface area contributed by atoms with Crippen molar-refractivity contribution in [1.82, 2.24) is 0 Å². The van der Waals surface area contributed by atoms with Crippen LogP contribution in [0.25, 0.3) is 6.08 Å². The molecule has 0 amide bonds. The van der Waals surface area contributed by atoms with E-state index >= 15 is 0 Å². The van der Waals surface area contributed by atoms with Crippen LogP contribution in [0.15, 0.2) is 54.6 Å². The van der Waals surface area contributed by atoms with E-state index in [0.717, 1.165) is 25.3 Å². The number of halogens is 2. The van der Waals surface area contributed by atoms with E-state index in [2.05, 4.69) is 6.92 Å². The van der Waals surface area contributed by atoms with E-state index in [-0.39, 0.29) is 11.3 Å². The van der Waals surface area contributed by atoms with Crippen molar-refractivity contribution in [3.05, 3.63) is 65.7 Å². The number of ether oxygens (including phenoxy) is 2.